The Kier molecular flexibility index (Phi) is 5.99. The van der Waals surface area contributed by atoms with Crippen LogP contribution in [0, 0.1) is 11.8 Å². The minimum atomic E-state index is -0.440. The average Bonchev–Trinajstić information content (AvgIpc) is 3.46. The third-order valence-corrected chi connectivity index (χ3v) is 7.07. The number of amides is 3. The van der Waals surface area contributed by atoms with E-state index < -0.39 is 6.04 Å². The first-order chi connectivity index (χ1) is 13.6. The largest absolute Gasteiger partial charge is 0.344 e. The molecule has 3 fully saturated rings. The first-order valence-electron chi connectivity index (χ1n) is 10.6. The summed E-state index contributed by atoms with van der Waals surface area (Å²) in [6.45, 7) is 2.88. The molecule has 6 nitrogen and oxygen atoms in total. The third-order valence-electron chi connectivity index (χ3n) is 6.21. The smallest absolute Gasteiger partial charge is 0.263 e. The molecule has 1 aliphatic carbocycles. The van der Waals surface area contributed by atoms with Gasteiger partial charge in [-0.15, -0.1) is 11.3 Å². The summed E-state index contributed by atoms with van der Waals surface area (Å²) in [6, 6.07) is 3.31. The van der Waals surface area contributed by atoms with Gasteiger partial charge >= 0.3 is 0 Å². The predicted molar refractivity (Wildman–Crippen MR) is 108 cm³/mol. The van der Waals surface area contributed by atoms with Crippen LogP contribution in [0.1, 0.15) is 54.6 Å². The third kappa shape index (κ3) is 4.40. The molecule has 0 bridgehead atoms. The van der Waals surface area contributed by atoms with Crippen LogP contribution in [0.3, 0.4) is 0 Å². The van der Waals surface area contributed by atoms with Gasteiger partial charge in [-0.2, -0.15) is 0 Å². The molecule has 3 aliphatic rings. The van der Waals surface area contributed by atoms with Crippen molar-refractivity contribution in [3.05, 3.63) is 22.4 Å². The van der Waals surface area contributed by atoms with Crippen LogP contribution >= 0.6 is 11.3 Å². The van der Waals surface area contributed by atoms with Gasteiger partial charge < -0.3 is 15.1 Å². The molecule has 1 N–H and O–H groups in total. The number of thiophene rings is 1. The van der Waals surface area contributed by atoms with Gasteiger partial charge in [-0.25, -0.2) is 0 Å². The van der Waals surface area contributed by atoms with Crippen LogP contribution < -0.4 is 5.32 Å². The highest BCUT2D eigenvalue weighted by Gasteiger charge is 2.39. The SMILES string of the molecule is O=C(N[C@H](C(=O)N1CCCCC1)C1CCN(C(=O)c2cccs2)CC1)C1CC1. The maximum Gasteiger partial charge on any atom is 0.263 e. The molecule has 0 radical (unpaired) electrons. The quantitative estimate of drug-likeness (QED) is 0.821. The number of rotatable bonds is 5. The molecule has 0 aromatic carbocycles. The molecule has 4 rings (SSSR count). The van der Waals surface area contributed by atoms with Crippen molar-refractivity contribution in [3.8, 4) is 0 Å². The zero-order valence-corrected chi connectivity index (χ0v) is 17.1. The summed E-state index contributed by atoms with van der Waals surface area (Å²) in [5.74, 6) is 0.389. The Balaban J connectivity index is 1.40. The fourth-order valence-electron chi connectivity index (χ4n) is 4.30. The Morgan fingerprint density at radius 2 is 1.68 bits per heavy atom. The highest BCUT2D eigenvalue weighted by atomic mass is 32.1. The highest BCUT2D eigenvalue weighted by Crippen LogP contribution is 2.31. The summed E-state index contributed by atoms with van der Waals surface area (Å²) in [5.41, 5.74) is 0. The molecule has 1 aromatic rings. The fraction of sp³-hybridized carbons (Fsp3) is 0.667. The Morgan fingerprint density at radius 1 is 0.964 bits per heavy atom. The van der Waals surface area contributed by atoms with E-state index in [9.17, 15) is 14.4 Å². The molecule has 3 heterocycles. The van der Waals surface area contributed by atoms with Crippen molar-refractivity contribution in [1.82, 2.24) is 15.1 Å². The fourth-order valence-corrected chi connectivity index (χ4v) is 4.99. The van der Waals surface area contributed by atoms with Gasteiger partial charge in [0.25, 0.3) is 5.91 Å². The molecule has 2 aliphatic heterocycles. The Bertz CT molecular complexity index is 702. The highest BCUT2D eigenvalue weighted by molar-refractivity contribution is 7.12. The molecule has 0 spiro atoms. The summed E-state index contributed by atoms with van der Waals surface area (Å²) in [5, 5.41) is 5.00. The normalized spacial score (nSPS) is 22.0. The number of piperidine rings is 2. The number of likely N-dealkylation sites (tertiary alicyclic amines) is 2. The molecular weight excluding hydrogens is 374 g/mol. The Labute approximate surface area is 170 Å². The van der Waals surface area contributed by atoms with E-state index in [1.54, 1.807) is 0 Å². The molecule has 0 unspecified atom stereocenters. The summed E-state index contributed by atoms with van der Waals surface area (Å²) < 4.78 is 0. The van der Waals surface area contributed by atoms with Crippen LogP contribution in [0.4, 0.5) is 0 Å². The molecule has 7 heteroatoms. The minimum absolute atomic E-state index is 0.0347. The van der Waals surface area contributed by atoms with Crippen molar-refractivity contribution in [1.29, 1.82) is 0 Å². The molecule has 2 saturated heterocycles. The standard InChI is InChI=1S/C21H29N3O3S/c25-19(16-6-7-16)22-18(21(27)23-10-2-1-3-11-23)15-8-12-24(13-9-15)20(26)17-5-4-14-28-17/h4-5,14-16,18H,1-3,6-13H2,(H,22,25)/t18-/m0/s1. The number of nitrogens with one attached hydrogen (secondary N) is 1. The van der Waals surface area contributed by atoms with Crippen molar-refractivity contribution in [3.63, 3.8) is 0 Å². The van der Waals surface area contributed by atoms with Gasteiger partial charge in [0.2, 0.25) is 11.8 Å². The lowest BCUT2D eigenvalue weighted by Crippen LogP contribution is -2.55. The van der Waals surface area contributed by atoms with Crippen LogP contribution in [0.2, 0.25) is 0 Å². The summed E-state index contributed by atoms with van der Waals surface area (Å²) in [6.07, 6.45) is 6.64. The number of hydrogen-bond acceptors (Lipinski definition) is 4. The number of nitrogens with zero attached hydrogens (tertiary/aromatic N) is 2. The van der Waals surface area contributed by atoms with Crippen LogP contribution in [-0.4, -0.2) is 59.7 Å². The predicted octanol–water partition coefficient (Wildman–Crippen LogP) is 2.51. The monoisotopic (exact) mass is 403 g/mol. The van der Waals surface area contributed by atoms with E-state index in [4.69, 9.17) is 0 Å². The zero-order valence-electron chi connectivity index (χ0n) is 16.3. The first kappa shape index (κ1) is 19.4. The van der Waals surface area contributed by atoms with E-state index >= 15 is 0 Å². The first-order valence-corrected chi connectivity index (χ1v) is 11.4. The van der Waals surface area contributed by atoms with Crippen molar-refractivity contribution in [2.24, 2.45) is 11.8 Å². The maximum absolute atomic E-state index is 13.2. The van der Waals surface area contributed by atoms with Gasteiger partial charge in [0.05, 0.1) is 4.88 Å². The van der Waals surface area contributed by atoms with E-state index in [1.165, 1.54) is 17.8 Å². The van der Waals surface area contributed by atoms with Gasteiger partial charge in [0.15, 0.2) is 0 Å². The second-order valence-electron chi connectivity index (χ2n) is 8.25. The van der Waals surface area contributed by atoms with E-state index in [2.05, 4.69) is 5.32 Å². The van der Waals surface area contributed by atoms with Crippen LogP contribution in [-0.2, 0) is 9.59 Å². The van der Waals surface area contributed by atoms with E-state index in [1.807, 2.05) is 27.3 Å². The minimum Gasteiger partial charge on any atom is -0.344 e. The molecular formula is C21H29N3O3S. The molecule has 3 amide bonds. The number of carbonyl (C=O) groups is 3. The van der Waals surface area contributed by atoms with E-state index in [-0.39, 0.29) is 29.6 Å². The van der Waals surface area contributed by atoms with Crippen LogP contribution in [0.15, 0.2) is 17.5 Å². The summed E-state index contributed by atoms with van der Waals surface area (Å²) >= 11 is 1.47. The molecule has 28 heavy (non-hydrogen) atoms. The molecule has 1 saturated carbocycles. The lowest BCUT2D eigenvalue weighted by molar-refractivity contribution is -0.139. The zero-order chi connectivity index (χ0) is 19.5. The summed E-state index contributed by atoms with van der Waals surface area (Å²) in [4.78, 5) is 42.8. The lowest BCUT2D eigenvalue weighted by Gasteiger charge is -2.38. The Morgan fingerprint density at radius 3 is 2.29 bits per heavy atom. The second-order valence-corrected chi connectivity index (χ2v) is 9.20. The van der Waals surface area contributed by atoms with Gasteiger partial charge in [-0.3, -0.25) is 14.4 Å². The van der Waals surface area contributed by atoms with Crippen molar-refractivity contribution >= 4 is 29.1 Å². The average molecular weight is 404 g/mol. The topological polar surface area (TPSA) is 69.7 Å². The lowest BCUT2D eigenvalue weighted by atomic mass is 9.87. The van der Waals surface area contributed by atoms with Crippen LogP contribution in [0.25, 0.3) is 0 Å². The van der Waals surface area contributed by atoms with Crippen LogP contribution in [0.5, 0.6) is 0 Å². The van der Waals surface area contributed by atoms with Crippen molar-refractivity contribution in [2.75, 3.05) is 26.2 Å². The number of hydrogen-bond donors (Lipinski definition) is 1. The second kappa shape index (κ2) is 8.64. The molecule has 152 valence electrons. The molecule has 1 atom stereocenters. The summed E-state index contributed by atoms with van der Waals surface area (Å²) in [7, 11) is 0. The van der Waals surface area contributed by atoms with Crippen molar-refractivity contribution in [2.45, 2.75) is 51.0 Å². The van der Waals surface area contributed by atoms with Gasteiger partial charge in [-0.05, 0) is 62.3 Å². The Hall–Kier alpha value is -1.89. The van der Waals surface area contributed by atoms with E-state index in [0.29, 0.717) is 13.1 Å². The molecule has 1 aromatic heterocycles. The van der Waals surface area contributed by atoms with E-state index in [0.717, 1.165) is 56.5 Å². The van der Waals surface area contributed by atoms with Crippen molar-refractivity contribution < 1.29 is 14.4 Å². The van der Waals surface area contributed by atoms with Gasteiger partial charge in [-0.1, -0.05) is 6.07 Å². The van der Waals surface area contributed by atoms with Gasteiger partial charge in [0, 0.05) is 32.1 Å². The van der Waals surface area contributed by atoms with Gasteiger partial charge in [0.1, 0.15) is 6.04 Å². The number of carbonyl (C=O) groups excluding carboxylic acids is 3. The maximum atomic E-state index is 13.2.